The van der Waals surface area contributed by atoms with E-state index in [0.29, 0.717) is 22.4 Å². The second-order valence-corrected chi connectivity index (χ2v) is 8.01. The quantitative estimate of drug-likeness (QED) is 0.538. The molecule has 30 heavy (non-hydrogen) atoms. The van der Waals surface area contributed by atoms with E-state index in [0.717, 1.165) is 16.8 Å². The number of ether oxygens (including phenoxy) is 1. The minimum atomic E-state index is -0.109. The Labute approximate surface area is 181 Å². The van der Waals surface area contributed by atoms with E-state index < -0.39 is 0 Å². The van der Waals surface area contributed by atoms with Crippen molar-refractivity contribution < 1.29 is 4.74 Å². The zero-order valence-electron chi connectivity index (χ0n) is 17.1. The smallest absolute Gasteiger partial charge is 0.254 e. The van der Waals surface area contributed by atoms with Gasteiger partial charge >= 0.3 is 0 Å². The van der Waals surface area contributed by atoms with Crippen LogP contribution in [0.1, 0.15) is 48.3 Å². The highest BCUT2D eigenvalue weighted by Crippen LogP contribution is 2.27. The molecule has 4 rings (SSSR count). The average molecular weight is 419 g/mol. The molecule has 1 fully saturated rings. The number of aromatic nitrogens is 2. The summed E-state index contributed by atoms with van der Waals surface area (Å²) >= 11 is 6.12. The van der Waals surface area contributed by atoms with Gasteiger partial charge in [0.15, 0.2) is 0 Å². The Morgan fingerprint density at radius 2 is 2.00 bits per heavy atom. The molecule has 0 amide bonds. The first-order valence-corrected chi connectivity index (χ1v) is 10.5. The fourth-order valence-electron chi connectivity index (χ4n) is 3.35. The highest BCUT2D eigenvalue weighted by Gasteiger charge is 2.18. The number of rotatable bonds is 5. The third kappa shape index (κ3) is 4.75. The van der Waals surface area contributed by atoms with Gasteiger partial charge < -0.3 is 9.30 Å². The molecule has 5 heteroatoms. The van der Waals surface area contributed by atoms with Gasteiger partial charge in [-0.1, -0.05) is 35.6 Å². The van der Waals surface area contributed by atoms with Crippen LogP contribution in [-0.2, 0) is 6.61 Å². The third-order valence-corrected chi connectivity index (χ3v) is 5.57. The lowest BCUT2D eigenvalue weighted by Gasteiger charge is -2.19. The van der Waals surface area contributed by atoms with Crippen LogP contribution < -0.4 is 10.3 Å². The maximum atomic E-state index is 12.8. The maximum Gasteiger partial charge on any atom is 0.254 e. The Morgan fingerprint density at radius 3 is 2.67 bits per heavy atom. The Bertz CT molecular complexity index is 1170. The molecular formula is C25H23ClN2O2. The van der Waals surface area contributed by atoms with Gasteiger partial charge in [0, 0.05) is 29.4 Å². The summed E-state index contributed by atoms with van der Waals surface area (Å²) in [5.41, 5.74) is 3.43. The zero-order chi connectivity index (χ0) is 21.1. The first-order chi connectivity index (χ1) is 14.5. The second kappa shape index (κ2) is 8.77. The van der Waals surface area contributed by atoms with Crippen molar-refractivity contribution in [3.8, 4) is 17.6 Å². The Hall–Kier alpha value is -3.03. The van der Waals surface area contributed by atoms with Crippen LogP contribution in [0.3, 0.4) is 0 Å². The lowest BCUT2D eigenvalue weighted by molar-refractivity contribution is 0.299. The molecule has 152 valence electrons. The van der Waals surface area contributed by atoms with Gasteiger partial charge in [0.25, 0.3) is 5.56 Å². The van der Waals surface area contributed by atoms with Crippen LogP contribution >= 0.6 is 11.6 Å². The molecule has 0 spiro atoms. The number of hydrogen-bond donors (Lipinski definition) is 0. The van der Waals surface area contributed by atoms with Gasteiger partial charge in [-0.25, -0.2) is 0 Å². The zero-order valence-corrected chi connectivity index (χ0v) is 17.8. The SMILES string of the molecule is Cc1cc(OCc2ncccc2Cl)cc(=O)n1[C@H](C)c1ccc(C#CC2CC2)cc1. The van der Waals surface area contributed by atoms with Crippen LogP contribution in [0.2, 0.25) is 5.02 Å². The molecule has 0 unspecified atom stereocenters. The van der Waals surface area contributed by atoms with Crippen molar-refractivity contribution in [2.75, 3.05) is 0 Å². The molecule has 2 heterocycles. The molecule has 0 radical (unpaired) electrons. The Morgan fingerprint density at radius 1 is 1.23 bits per heavy atom. The number of pyridine rings is 2. The summed E-state index contributed by atoms with van der Waals surface area (Å²) in [6.07, 6.45) is 4.11. The molecule has 0 saturated heterocycles. The molecule has 1 saturated carbocycles. The summed E-state index contributed by atoms with van der Waals surface area (Å²) in [5.74, 6) is 7.59. The molecule has 1 aliphatic rings. The van der Waals surface area contributed by atoms with E-state index in [1.807, 2.05) is 44.2 Å². The van der Waals surface area contributed by atoms with Crippen LogP contribution in [-0.4, -0.2) is 9.55 Å². The summed E-state index contributed by atoms with van der Waals surface area (Å²) in [7, 11) is 0. The molecular weight excluding hydrogens is 396 g/mol. The predicted octanol–water partition coefficient (Wildman–Crippen LogP) is 5.15. The van der Waals surface area contributed by atoms with Crippen molar-refractivity contribution in [3.63, 3.8) is 0 Å². The standard InChI is InChI=1S/C25H23ClN2O2/c1-17-14-22(30-16-24-23(26)4-3-13-27-24)15-25(29)28(17)18(2)21-11-9-20(10-12-21)8-7-19-5-6-19/h3-4,9-15,18-19H,5-6,16H2,1-2H3/t18-/m1/s1. The van der Waals surface area contributed by atoms with Crippen LogP contribution in [0, 0.1) is 24.7 Å². The minimum Gasteiger partial charge on any atom is -0.487 e. The first kappa shape index (κ1) is 20.3. The third-order valence-electron chi connectivity index (χ3n) is 5.22. The van der Waals surface area contributed by atoms with Gasteiger partial charge in [-0.3, -0.25) is 9.78 Å². The molecule has 0 N–H and O–H groups in total. The van der Waals surface area contributed by atoms with Gasteiger partial charge in [-0.05, 0) is 62.6 Å². The molecule has 4 nitrogen and oxygen atoms in total. The predicted molar refractivity (Wildman–Crippen MR) is 119 cm³/mol. The number of hydrogen-bond acceptors (Lipinski definition) is 3. The van der Waals surface area contributed by atoms with Crippen LogP contribution in [0.25, 0.3) is 0 Å². The summed E-state index contributed by atoms with van der Waals surface area (Å²) in [5, 5.41) is 0.543. The van der Waals surface area contributed by atoms with E-state index in [1.165, 1.54) is 18.9 Å². The molecule has 2 aromatic heterocycles. The molecule has 1 atom stereocenters. The van der Waals surface area contributed by atoms with E-state index >= 15 is 0 Å². The molecule has 0 aliphatic heterocycles. The number of nitrogens with zero attached hydrogens (tertiary/aromatic N) is 2. The van der Waals surface area contributed by atoms with Crippen LogP contribution in [0.4, 0.5) is 0 Å². The average Bonchev–Trinajstić information content (AvgIpc) is 3.56. The minimum absolute atomic E-state index is 0.0952. The lowest BCUT2D eigenvalue weighted by Crippen LogP contribution is -2.25. The van der Waals surface area contributed by atoms with Gasteiger partial charge in [0.2, 0.25) is 0 Å². The Balaban J connectivity index is 1.50. The van der Waals surface area contributed by atoms with Crippen LogP contribution in [0.5, 0.6) is 5.75 Å². The van der Waals surface area contributed by atoms with E-state index in [4.69, 9.17) is 16.3 Å². The van der Waals surface area contributed by atoms with Crippen molar-refractivity contribution in [3.05, 3.63) is 92.6 Å². The molecule has 1 aliphatic carbocycles. The topological polar surface area (TPSA) is 44.1 Å². The number of aryl methyl sites for hydroxylation is 1. The largest absolute Gasteiger partial charge is 0.487 e. The summed E-state index contributed by atoms with van der Waals surface area (Å²) in [4.78, 5) is 17.0. The van der Waals surface area contributed by atoms with Crippen molar-refractivity contribution in [1.29, 1.82) is 0 Å². The summed E-state index contributed by atoms with van der Waals surface area (Å²) in [6, 6.07) is 14.9. The van der Waals surface area contributed by atoms with E-state index in [-0.39, 0.29) is 18.2 Å². The molecule has 3 aromatic rings. The van der Waals surface area contributed by atoms with Gasteiger partial charge in [-0.2, -0.15) is 0 Å². The van der Waals surface area contributed by atoms with Crippen molar-refractivity contribution in [2.24, 2.45) is 5.92 Å². The van der Waals surface area contributed by atoms with Crippen molar-refractivity contribution in [1.82, 2.24) is 9.55 Å². The van der Waals surface area contributed by atoms with E-state index in [2.05, 4.69) is 16.8 Å². The van der Waals surface area contributed by atoms with Gasteiger partial charge in [0.1, 0.15) is 12.4 Å². The van der Waals surface area contributed by atoms with Gasteiger partial charge in [-0.15, -0.1) is 0 Å². The van der Waals surface area contributed by atoms with Crippen molar-refractivity contribution >= 4 is 11.6 Å². The van der Waals surface area contributed by atoms with E-state index in [9.17, 15) is 4.79 Å². The fraction of sp³-hybridized carbons (Fsp3) is 0.280. The monoisotopic (exact) mass is 418 g/mol. The molecule has 1 aromatic carbocycles. The highest BCUT2D eigenvalue weighted by molar-refractivity contribution is 6.31. The first-order valence-electron chi connectivity index (χ1n) is 10.1. The fourth-order valence-corrected chi connectivity index (χ4v) is 3.52. The number of halogens is 1. The second-order valence-electron chi connectivity index (χ2n) is 7.60. The van der Waals surface area contributed by atoms with E-state index in [1.54, 1.807) is 22.9 Å². The maximum absolute atomic E-state index is 12.8. The number of benzene rings is 1. The lowest BCUT2D eigenvalue weighted by atomic mass is 10.1. The Kier molecular flexibility index (Phi) is 5.92. The summed E-state index contributed by atoms with van der Waals surface area (Å²) < 4.78 is 7.54. The molecule has 0 bridgehead atoms. The highest BCUT2D eigenvalue weighted by atomic mass is 35.5. The summed E-state index contributed by atoms with van der Waals surface area (Å²) in [6.45, 7) is 4.14. The van der Waals surface area contributed by atoms with Crippen molar-refractivity contribution in [2.45, 2.75) is 39.3 Å². The van der Waals surface area contributed by atoms with Gasteiger partial charge in [0.05, 0.1) is 16.8 Å². The van der Waals surface area contributed by atoms with Crippen LogP contribution in [0.15, 0.2) is 59.5 Å². The normalized spacial score (nSPS) is 14.0.